The molecule has 0 radical (unpaired) electrons. The number of amides is 2. The molecule has 18 heavy (non-hydrogen) atoms. The molecule has 3 nitrogen and oxygen atoms in total. The van der Waals surface area contributed by atoms with Gasteiger partial charge in [-0.05, 0) is 30.4 Å². The van der Waals surface area contributed by atoms with Crippen LogP contribution in [-0.4, -0.2) is 12.1 Å². The Bertz CT molecular complexity index is 384. The Labute approximate surface area is 110 Å². The molecule has 0 saturated carbocycles. The number of nitrogens with one attached hydrogen (secondary N) is 2. The fraction of sp³-hybridized carbons (Fsp3) is 0.533. The van der Waals surface area contributed by atoms with Gasteiger partial charge in [-0.2, -0.15) is 0 Å². The average Bonchev–Trinajstić information content (AvgIpc) is 2.36. The molecule has 0 aromatic heterocycles. The van der Waals surface area contributed by atoms with E-state index in [1.165, 1.54) is 0 Å². The molecule has 2 N–H and O–H groups in total. The van der Waals surface area contributed by atoms with Crippen molar-refractivity contribution in [3.05, 3.63) is 29.8 Å². The molecule has 100 valence electrons. The third kappa shape index (κ3) is 4.06. The molecule has 0 saturated heterocycles. The summed E-state index contributed by atoms with van der Waals surface area (Å²) in [5.74, 6) is 0.398. The number of benzene rings is 1. The van der Waals surface area contributed by atoms with Crippen LogP contribution in [0.25, 0.3) is 0 Å². The van der Waals surface area contributed by atoms with Crippen LogP contribution in [0.5, 0.6) is 0 Å². The Morgan fingerprint density at radius 3 is 2.33 bits per heavy atom. The largest absolute Gasteiger partial charge is 0.335 e. The van der Waals surface area contributed by atoms with Gasteiger partial charge in [0.05, 0.1) is 0 Å². The maximum atomic E-state index is 11.9. The second-order valence-electron chi connectivity index (χ2n) is 4.85. The third-order valence-corrected chi connectivity index (χ3v) is 3.15. The normalized spacial score (nSPS) is 10.8. The molecule has 1 aromatic rings. The lowest BCUT2D eigenvalue weighted by atomic mass is 10.0. The summed E-state index contributed by atoms with van der Waals surface area (Å²) in [7, 11) is 0. The van der Waals surface area contributed by atoms with Gasteiger partial charge in [0.15, 0.2) is 0 Å². The predicted octanol–water partition coefficient (Wildman–Crippen LogP) is 4.12. The minimum absolute atomic E-state index is 0.114. The van der Waals surface area contributed by atoms with Gasteiger partial charge < -0.3 is 10.6 Å². The summed E-state index contributed by atoms with van der Waals surface area (Å²) in [5, 5.41) is 5.92. The summed E-state index contributed by atoms with van der Waals surface area (Å²) in [4.78, 5) is 11.9. The maximum Gasteiger partial charge on any atom is 0.319 e. The van der Waals surface area contributed by atoms with E-state index in [0.29, 0.717) is 5.92 Å². The molecule has 0 aliphatic rings. The van der Waals surface area contributed by atoms with Gasteiger partial charge in [-0.25, -0.2) is 4.79 Å². The average molecular weight is 248 g/mol. The molecule has 0 aliphatic heterocycles. The van der Waals surface area contributed by atoms with Crippen molar-refractivity contribution in [2.75, 3.05) is 5.32 Å². The van der Waals surface area contributed by atoms with Crippen molar-refractivity contribution in [1.82, 2.24) is 5.32 Å². The number of hydrogen-bond acceptors (Lipinski definition) is 1. The van der Waals surface area contributed by atoms with Crippen molar-refractivity contribution in [3.8, 4) is 0 Å². The number of carbonyl (C=O) groups excluding carboxylic acids is 1. The van der Waals surface area contributed by atoms with Gasteiger partial charge in [-0.3, -0.25) is 0 Å². The van der Waals surface area contributed by atoms with Crippen LogP contribution in [0.15, 0.2) is 24.3 Å². The number of para-hydroxylation sites is 1. The number of anilines is 1. The quantitative estimate of drug-likeness (QED) is 0.808. The van der Waals surface area contributed by atoms with Crippen LogP contribution in [0.2, 0.25) is 0 Å². The first-order valence-electron chi connectivity index (χ1n) is 6.74. The smallest absolute Gasteiger partial charge is 0.319 e. The van der Waals surface area contributed by atoms with Crippen molar-refractivity contribution in [1.29, 1.82) is 0 Å². The lowest BCUT2D eigenvalue weighted by Gasteiger charge is -2.18. The maximum absolute atomic E-state index is 11.9. The Morgan fingerprint density at radius 2 is 1.78 bits per heavy atom. The zero-order valence-corrected chi connectivity index (χ0v) is 11.8. The summed E-state index contributed by atoms with van der Waals surface area (Å²) in [6, 6.07) is 8.07. The molecule has 0 unspecified atom stereocenters. The Hall–Kier alpha value is -1.51. The molecule has 0 atom stereocenters. The zero-order chi connectivity index (χ0) is 13.5. The summed E-state index contributed by atoms with van der Waals surface area (Å²) < 4.78 is 0. The van der Waals surface area contributed by atoms with Crippen molar-refractivity contribution >= 4 is 11.7 Å². The molecule has 0 fully saturated rings. The van der Waals surface area contributed by atoms with Crippen molar-refractivity contribution in [3.63, 3.8) is 0 Å². The van der Waals surface area contributed by atoms with Crippen LogP contribution in [-0.2, 0) is 0 Å². The lowest BCUT2D eigenvalue weighted by molar-refractivity contribution is 0.247. The van der Waals surface area contributed by atoms with Gasteiger partial charge in [0.25, 0.3) is 0 Å². The zero-order valence-electron chi connectivity index (χ0n) is 11.8. The van der Waals surface area contributed by atoms with Gasteiger partial charge in [0, 0.05) is 11.7 Å². The van der Waals surface area contributed by atoms with E-state index < -0.39 is 0 Å². The third-order valence-electron chi connectivity index (χ3n) is 3.15. The highest BCUT2D eigenvalue weighted by atomic mass is 16.2. The van der Waals surface area contributed by atoms with Crippen LogP contribution in [0.3, 0.4) is 0 Å². The van der Waals surface area contributed by atoms with Gasteiger partial charge in [0.2, 0.25) is 0 Å². The van der Waals surface area contributed by atoms with E-state index in [0.717, 1.165) is 24.1 Å². The summed E-state index contributed by atoms with van der Waals surface area (Å²) in [6.07, 6.45) is 1.91. The molecule has 2 amide bonds. The van der Waals surface area contributed by atoms with Crippen LogP contribution in [0, 0.1) is 0 Å². The van der Waals surface area contributed by atoms with Crippen LogP contribution < -0.4 is 10.6 Å². The first kappa shape index (κ1) is 14.6. The van der Waals surface area contributed by atoms with E-state index in [-0.39, 0.29) is 12.1 Å². The van der Waals surface area contributed by atoms with E-state index in [1.807, 2.05) is 18.2 Å². The molecule has 0 heterocycles. The highest BCUT2D eigenvalue weighted by molar-refractivity contribution is 5.90. The fourth-order valence-corrected chi connectivity index (χ4v) is 1.95. The Balaban J connectivity index is 2.70. The van der Waals surface area contributed by atoms with Crippen molar-refractivity contribution in [2.45, 2.75) is 52.5 Å². The van der Waals surface area contributed by atoms with Crippen LogP contribution >= 0.6 is 0 Å². The summed E-state index contributed by atoms with van der Waals surface area (Å²) >= 11 is 0. The monoisotopic (exact) mass is 248 g/mol. The van der Waals surface area contributed by atoms with Crippen LogP contribution in [0.4, 0.5) is 10.5 Å². The highest BCUT2D eigenvalue weighted by Gasteiger charge is 2.11. The molecular formula is C15H24N2O. The molecule has 0 spiro atoms. The lowest BCUT2D eigenvalue weighted by Crippen LogP contribution is -2.37. The van der Waals surface area contributed by atoms with Crippen LogP contribution in [0.1, 0.15) is 52.0 Å². The predicted molar refractivity (Wildman–Crippen MR) is 77.1 cm³/mol. The van der Waals surface area contributed by atoms with E-state index in [2.05, 4.69) is 44.4 Å². The van der Waals surface area contributed by atoms with Gasteiger partial charge in [-0.15, -0.1) is 0 Å². The number of hydrogen-bond donors (Lipinski definition) is 2. The summed E-state index contributed by atoms with van der Waals surface area (Å²) in [6.45, 7) is 8.41. The number of rotatable bonds is 5. The van der Waals surface area contributed by atoms with Gasteiger partial charge in [0.1, 0.15) is 0 Å². The topological polar surface area (TPSA) is 41.1 Å². The van der Waals surface area contributed by atoms with Gasteiger partial charge in [-0.1, -0.05) is 45.9 Å². The van der Waals surface area contributed by atoms with E-state index in [1.54, 1.807) is 0 Å². The van der Waals surface area contributed by atoms with Gasteiger partial charge >= 0.3 is 6.03 Å². The minimum Gasteiger partial charge on any atom is -0.335 e. The SMILES string of the molecule is CCC(CC)NC(=O)Nc1ccccc1C(C)C. The molecule has 0 bridgehead atoms. The highest BCUT2D eigenvalue weighted by Crippen LogP contribution is 2.23. The second-order valence-corrected chi connectivity index (χ2v) is 4.85. The van der Waals surface area contributed by atoms with E-state index >= 15 is 0 Å². The minimum atomic E-state index is -0.114. The molecular weight excluding hydrogens is 224 g/mol. The first-order valence-corrected chi connectivity index (χ1v) is 6.74. The Kier molecular flexibility index (Phi) is 5.69. The standard InChI is InChI=1S/C15H24N2O/c1-5-12(6-2)16-15(18)17-14-10-8-7-9-13(14)11(3)4/h7-12H,5-6H2,1-4H3,(H2,16,17,18). The fourth-order valence-electron chi connectivity index (χ4n) is 1.95. The molecule has 0 aliphatic carbocycles. The Morgan fingerprint density at radius 1 is 1.17 bits per heavy atom. The number of carbonyl (C=O) groups is 1. The first-order chi connectivity index (χ1) is 8.58. The summed E-state index contributed by atoms with van der Waals surface area (Å²) in [5.41, 5.74) is 2.06. The second kappa shape index (κ2) is 7.04. The van der Waals surface area contributed by atoms with Crippen molar-refractivity contribution in [2.24, 2.45) is 0 Å². The van der Waals surface area contributed by atoms with E-state index in [4.69, 9.17) is 0 Å². The number of urea groups is 1. The molecule has 1 rings (SSSR count). The van der Waals surface area contributed by atoms with E-state index in [9.17, 15) is 4.79 Å². The molecule has 1 aromatic carbocycles. The molecule has 3 heteroatoms. The van der Waals surface area contributed by atoms with Crippen molar-refractivity contribution < 1.29 is 4.79 Å².